The van der Waals surface area contributed by atoms with Crippen LogP contribution in [0.4, 0.5) is 5.82 Å². The normalized spacial score (nSPS) is 9.89. The van der Waals surface area contributed by atoms with Crippen LogP contribution in [-0.2, 0) is 4.79 Å². The van der Waals surface area contributed by atoms with Crippen LogP contribution in [0.25, 0.3) is 0 Å². The number of nitro groups is 1. The number of carbonyl (C=O) groups is 2. The molecule has 0 bridgehead atoms. The number of nitrogens with one attached hydrogen (secondary N) is 1. The summed E-state index contributed by atoms with van der Waals surface area (Å²) < 4.78 is 0. The van der Waals surface area contributed by atoms with Crippen LogP contribution in [0.1, 0.15) is 35.8 Å². The summed E-state index contributed by atoms with van der Waals surface area (Å²) in [5.41, 5.74) is 0.399. The Morgan fingerprint density at radius 3 is 2.67 bits per heavy atom. The Balaban J connectivity index is 2.92. The zero-order valence-electron chi connectivity index (χ0n) is 10.1. The molecule has 0 atom stereocenters. The van der Waals surface area contributed by atoms with Gasteiger partial charge < -0.3 is 10.1 Å². The molecule has 0 aliphatic rings. The van der Waals surface area contributed by atoms with Crippen molar-refractivity contribution < 1.29 is 14.5 Å². The van der Waals surface area contributed by atoms with E-state index in [1.54, 1.807) is 0 Å². The Morgan fingerprint density at radius 2 is 2.11 bits per heavy atom. The maximum Gasteiger partial charge on any atom is 0.364 e. The molecule has 0 aliphatic heterocycles. The highest BCUT2D eigenvalue weighted by Crippen LogP contribution is 2.12. The van der Waals surface area contributed by atoms with Crippen molar-refractivity contribution in [2.24, 2.45) is 0 Å². The lowest BCUT2D eigenvalue weighted by molar-refractivity contribution is -0.389. The Bertz CT molecular complexity index is 499. The van der Waals surface area contributed by atoms with E-state index in [-0.39, 0.29) is 12.0 Å². The second-order valence-electron chi connectivity index (χ2n) is 3.74. The lowest BCUT2D eigenvalue weighted by Crippen LogP contribution is -2.30. The average molecular weight is 251 g/mol. The van der Waals surface area contributed by atoms with E-state index in [1.807, 2.05) is 6.92 Å². The Morgan fingerprint density at radius 1 is 1.44 bits per heavy atom. The van der Waals surface area contributed by atoms with Crippen molar-refractivity contribution in [3.8, 4) is 0 Å². The fourth-order valence-corrected chi connectivity index (χ4v) is 1.36. The summed E-state index contributed by atoms with van der Waals surface area (Å²) in [6, 6.07) is 2.43. The summed E-state index contributed by atoms with van der Waals surface area (Å²) in [6.45, 7) is 3.35. The van der Waals surface area contributed by atoms with Crippen molar-refractivity contribution in [2.75, 3.05) is 0 Å². The molecule has 7 heteroatoms. The number of aryl methyl sites for hydroxylation is 1. The minimum Gasteiger partial charge on any atom is -0.358 e. The largest absolute Gasteiger partial charge is 0.364 e. The molecule has 0 aliphatic carbocycles. The third-order valence-corrected chi connectivity index (χ3v) is 2.12. The van der Waals surface area contributed by atoms with Gasteiger partial charge in [0.2, 0.25) is 5.91 Å². The van der Waals surface area contributed by atoms with Gasteiger partial charge in [0.1, 0.15) is 0 Å². The number of pyridine rings is 1. The topological polar surface area (TPSA) is 102 Å². The molecule has 0 unspecified atom stereocenters. The third-order valence-electron chi connectivity index (χ3n) is 2.12. The molecule has 1 aromatic rings. The van der Waals surface area contributed by atoms with Gasteiger partial charge in [0.05, 0.1) is 5.56 Å². The molecule has 96 valence electrons. The van der Waals surface area contributed by atoms with Gasteiger partial charge in [-0.3, -0.25) is 14.9 Å². The molecule has 0 spiro atoms. The molecule has 1 heterocycles. The van der Waals surface area contributed by atoms with Gasteiger partial charge >= 0.3 is 5.82 Å². The zero-order valence-corrected chi connectivity index (χ0v) is 10.1. The standard InChI is InChI=1S/C11H13N3O4/c1-3-4-10(15)13-11(16)8-5-7(2)12-9(6-8)14(17)18/h5-6H,3-4H2,1-2H3,(H,13,15,16). The molecule has 7 nitrogen and oxygen atoms in total. The Kier molecular flexibility index (Phi) is 4.47. The number of carbonyl (C=O) groups excluding carboxylic acids is 2. The van der Waals surface area contributed by atoms with Crippen molar-refractivity contribution >= 4 is 17.6 Å². The molecule has 0 fully saturated rings. The number of aromatic nitrogens is 1. The molecule has 1 N–H and O–H groups in total. The molecule has 1 rings (SSSR count). The smallest absolute Gasteiger partial charge is 0.358 e. The summed E-state index contributed by atoms with van der Waals surface area (Å²) in [6.07, 6.45) is 0.854. The molecular weight excluding hydrogens is 238 g/mol. The summed E-state index contributed by atoms with van der Waals surface area (Å²) in [7, 11) is 0. The highest BCUT2D eigenvalue weighted by Gasteiger charge is 2.16. The van der Waals surface area contributed by atoms with Crippen molar-refractivity contribution in [1.82, 2.24) is 10.3 Å². The van der Waals surface area contributed by atoms with Gasteiger partial charge in [-0.2, -0.15) is 0 Å². The average Bonchev–Trinajstić information content (AvgIpc) is 2.28. The number of rotatable bonds is 4. The number of hydrogen-bond donors (Lipinski definition) is 1. The van der Waals surface area contributed by atoms with E-state index in [0.29, 0.717) is 12.1 Å². The summed E-state index contributed by atoms with van der Waals surface area (Å²) >= 11 is 0. The lowest BCUT2D eigenvalue weighted by Gasteiger charge is -2.03. The summed E-state index contributed by atoms with van der Waals surface area (Å²) in [5, 5.41) is 12.8. The first-order valence-electron chi connectivity index (χ1n) is 5.41. The van der Waals surface area contributed by atoms with Gasteiger partial charge in [0, 0.05) is 19.4 Å². The minimum absolute atomic E-state index is 0.0543. The number of imide groups is 1. The summed E-state index contributed by atoms with van der Waals surface area (Å²) in [5.74, 6) is -1.47. The second kappa shape index (κ2) is 5.85. The number of amides is 2. The van der Waals surface area contributed by atoms with Crippen LogP contribution in [-0.4, -0.2) is 21.7 Å². The molecule has 2 amide bonds. The predicted octanol–water partition coefficient (Wildman–Crippen LogP) is 1.35. The van der Waals surface area contributed by atoms with Gasteiger partial charge in [-0.25, -0.2) is 0 Å². The monoisotopic (exact) mass is 251 g/mol. The second-order valence-corrected chi connectivity index (χ2v) is 3.74. The van der Waals surface area contributed by atoms with Crippen LogP contribution in [0.5, 0.6) is 0 Å². The van der Waals surface area contributed by atoms with Gasteiger partial charge in [-0.05, 0) is 22.4 Å². The van der Waals surface area contributed by atoms with Crippen molar-refractivity contribution in [3.05, 3.63) is 33.5 Å². The molecule has 0 radical (unpaired) electrons. The maximum atomic E-state index is 11.7. The van der Waals surface area contributed by atoms with E-state index in [9.17, 15) is 19.7 Å². The van der Waals surface area contributed by atoms with Gasteiger partial charge in [0.25, 0.3) is 5.91 Å². The van der Waals surface area contributed by atoms with Gasteiger partial charge in [0.15, 0.2) is 5.69 Å². The van der Waals surface area contributed by atoms with Crippen molar-refractivity contribution in [1.29, 1.82) is 0 Å². The van der Waals surface area contributed by atoms with E-state index < -0.39 is 22.6 Å². The van der Waals surface area contributed by atoms with E-state index >= 15 is 0 Å². The number of nitrogens with zero attached hydrogens (tertiary/aromatic N) is 2. The van der Waals surface area contributed by atoms with E-state index in [2.05, 4.69) is 10.3 Å². The van der Waals surface area contributed by atoms with Gasteiger partial charge in [-0.1, -0.05) is 6.92 Å². The first-order valence-corrected chi connectivity index (χ1v) is 5.41. The maximum absolute atomic E-state index is 11.7. The highest BCUT2D eigenvalue weighted by molar-refractivity contribution is 6.04. The fourth-order valence-electron chi connectivity index (χ4n) is 1.36. The summed E-state index contributed by atoms with van der Waals surface area (Å²) in [4.78, 5) is 36.5. The zero-order chi connectivity index (χ0) is 13.7. The molecule has 1 aromatic heterocycles. The molecule has 0 saturated carbocycles. The lowest BCUT2D eigenvalue weighted by atomic mass is 10.2. The van der Waals surface area contributed by atoms with Gasteiger partial charge in [-0.15, -0.1) is 0 Å². The van der Waals surface area contributed by atoms with Crippen molar-refractivity contribution in [2.45, 2.75) is 26.7 Å². The van der Waals surface area contributed by atoms with Crippen LogP contribution in [0.15, 0.2) is 12.1 Å². The quantitative estimate of drug-likeness (QED) is 0.642. The SMILES string of the molecule is CCCC(=O)NC(=O)c1cc(C)nc([N+](=O)[O-])c1. The molecular formula is C11H13N3O4. The fraction of sp³-hybridized carbons (Fsp3) is 0.364. The van der Waals surface area contributed by atoms with Crippen LogP contribution < -0.4 is 5.32 Å². The van der Waals surface area contributed by atoms with Crippen LogP contribution in [0.3, 0.4) is 0 Å². The highest BCUT2D eigenvalue weighted by atomic mass is 16.6. The van der Waals surface area contributed by atoms with E-state index in [4.69, 9.17) is 0 Å². The molecule has 18 heavy (non-hydrogen) atoms. The minimum atomic E-state index is -0.683. The van der Waals surface area contributed by atoms with Crippen LogP contribution in [0, 0.1) is 17.0 Å². The number of hydrogen-bond acceptors (Lipinski definition) is 5. The van der Waals surface area contributed by atoms with Crippen LogP contribution in [0.2, 0.25) is 0 Å². The predicted molar refractivity (Wildman–Crippen MR) is 63.0 cm³/mol. The van der Waals surface area contributed by atoms with E-state index in [1.165, 1.54) is 13.0 Å². The first-order chi connectivity index (χ1) is 8.43. The van der Waals surface area contributed by atoms with Crippen LogP contribution >= 0.6 is 0 Å². The Hall–Kier alpha value is -2.31. The van der Waals surface area contributed by atoms with E-state index in [0.717, 1.165) is 6.07 Å². The molecule has 0 saturated heterocycles. The Labute approximate surface area is 103 Å². The van der Waals surface area contributed by atoms with Crippen molar-refractivity contribution in [3.63, 3.8) is 0 Å². The first kappa shape index (κ1) is 13.8. The molecule has 0 aromatic carbocycles. The third kappa shape index (κ3) is 3.62.